The standard InChI is InChI=1S/C14H18BrFO2.C9H11BrF6O3.C8H8.2CH2F2.CH3FO/c1-14(2,13(17)18-9-8-16)10-12(15)11-6-4-3-5-7-11;1-6(2,10)5(18)19-4-8(13,14)9(15,16)7(11,12)3-17;1-2-8-6-4-3-5-7-8;3*2-1-3/h3-7,12H,8-10H2,1-2H3;17H,3-4H2,1-2H3;2-7H,1H2;2*1H2;3H,1H2. The Hall–Kier alpha value is -2.84. The summed E-state index contributed by atoms with van der Waals surface area (Å²) in [6.45, 7) is -0.626. The van der Waals surface area contributed by atoms with Crippen molar-refractivity contribution < 1.29 is 82.0 Å². The van der Waals surface area contributed by atoms with Crippen molar-refractivity contribution in [3.63, 3.8) is 0 Å². The molecule has 1 atom stereocenters. The summed E-state index contributed by atoms with van der Waals surface area (Å²) >= 11 is 6.30. The molecule has 2 aromatic carbocycles. The molecule has 54 heavy (non-hydrogen) atoms. The summed E-state index contributed by atoms with van der Waals surface area (Å²) < 4.78 is 144. The van der Waals surface area contributed by atoms with Crippen molar-refractivity contribution in [2.45, 2.75) is 61.0 Å². The molecule has 0 aliphatic rings. The van der Waals surface area contributed by atoms with Gasteiger partial charge < -0.3 is 19.7 Å². The van der Waals surface area contributed by atoms with Crippen molar-refractivity contribution in [2.75, 3.05) is 47.2 Å². The van der Waals surface area contributed by atoms with Gasteiger partial charge in [0.1, 0.15) is 24.2 Å². The quantitative estimate of drug-likeness (QED) is 0.118. The van der Waals surface area contributed by atoms with E-state index in [1.165, 1.54) is 19.4 Å². The highest BCUT2D eigenvalue weighted by Crippen LogP contribution is 2.45. The molecule has 6 nitrogen and oxygen atoms in total. The summed E-state index contributed by atoms with van der Waals surface area (Å²) in [6.07, 6.45) is 2.43. The summed E-state index contributed by atoms with van der Waals surface area (Å²) in [6, 6.07) is 19.9. The van der Waals surface area contributed by atoms with Gasteiger partial charge in [0.05, 0.1) is 5.41 Å². The predicted octanol–water partition coefficient (Wildman–Crippen LogP) is 10.7. The monoisotopic (exact) mass is 934 g/mol. The molecule has 0 heterocycles. The molecule has 0 bridgehead atoms. The molecular weight excluding hydrogens is 892 g/mol. The smallest absolute Gasteiger partial charge is 0.377 e. The Morgan fingerprint density at radius 3 is 1.50 bits per heavy atom. The first kappa shape index (κ1) is 57.9. The molecule has 0 radical (unpaired) electrons. The Balaban J connectivity index is -0.000000326. The number of halogens is 14. The molecule has 20 heteroatoms. The second-order valence-electron chi connectivity index (χ2n) is 10.9. The molecule has 0 amide bonds. The van der Waals surface area contributed by atoms with E-state index in [4.69, 9.17) is 14.9 Å². The third kappa shape index (κ3) is 25.3. The number of carbonyl (C=O) groups excluding carboxylic acids is 2. The predicted molar refractivity (Wildman–Crippen MR) is 188 cm³/mol. The fourth-order valence-corrected chi connectivity index (χ4v) is 4.24. The van der Waals surface area contributed by atoms with Crippen LogP contribution in [0.4, 0.5) is 52.7 Å². The molecule has 314 valence electrons. The van der Waals surface area contributed by atoms with Crippen LogP contribution in [0.5, 0.6) is 0 Å². The van der Waals surface area contributed by atoms with E-state index < -0.39 is 74.1 Å². The van der Waals surface area contributed by atoms with Crippen LogP contribution >= 0.6 is 31.9 Å². The van der Waals surface area contributed by atoms with Crippen LogP contribution in [0.1, 0.15) is 50.1 Å². The maximum Gasteiger partial charge on any atom is 0.377 e. The number of esters is 2. The molecule has 0 aliphatic carbocycles. The maximum atomic E-state index is 13.0. The Morgan fingerprint density at radius 2 is 1.17 bits per heavy atom. The highest BCUT2D eigenvalue weighted by molar-refractivity contribution is 9.10. The zero-order valence-electron chi connectivity index (χ0n) is 29.6. The average molecular weight is 937 g/mol. The van der Waals surface area contributed by atoms with Crippen LogP contribution in [0.25, 0.3) is 6.08 Å². The first-order chi connectivity index (χ1) is 24.8. The second-order valence-corrected chi connectivity index (χ2v) is 14.0. The SMILES string of the molecule is C=Cc1ccccc1.CC(C)(Br)C(=O)OCC(F)(F)C(F)(F)C(F)(F)CO.CC(C)(CC(Br)c1ccccc1)C(=O)OCCF.FCF.FCF.OCF. The lowest BCUT2D eigenvalue weighted by atomic mass is 9.86. The molecule has 0 saturated heterocycles. The van der Waals surface area contributed by atoms with Gasteiger partial charge in [-0.05, 0) is 45.2 Å². The molecular formula is C34H44Br2F12O6. The largest absolute Gasteiger partial charge is 0.462 e. The minimum Gasteiger partial charge on any atom is -0.462 e. The fraction of sp³-hybridized carbons (Fsp3) is 0.529. The lowest BCUT2D eigenvalue weighted by molar-refractivity contribution is -0.324. The summed E-state index contributed by atoms with van der Waals surface area (Å²) in [5.41, 5.74) is 1.65. The lowest BCUT2D eigenvalue weighted by Crippen LogP contribution is -2.58. The van der Waals surface area contributed by atoms with Crippen LogP contribution in [0.3, 0.4) is 0 Å². The Bertz CT molecular complexity index is 1240. The average Bonchev–Trinajstić information content (AvgIpc) is 3.11. The van der Waals surface area contributed by atoms with Crippen LogP contribution in [-0.4, -0.2) is 91.5 Å². The first-order valence-corrected chi connectivity index (χ1v) is 16.7. The number of rotatable bonds is 13. The van der Waals surface area contributed by atoms with Gasteiger partial charge >= 0.3 is 29.7 Å². The van der Waals surface area contributed by atoms with E-state index >= 15 is 0 Å². The molecule has 0 fully saturated rings. The van der Waals surface area contributed by atoms with Crippen molar-refractivity contribution >= 4 is 49.9 Å². The topological polar surface area (TPSA) is 93.1 Å². The van der Waals surface area contributed by atoms with Gasteiger partial charge in [0.2, 0.25) is 13.9 Å². The third-order valence-electron chi connectivity index (χ3n) is 5.74. The molecule has 0 aliphatic heterocycles. The third-order valence-corrected chi connectivity index (χ3v) is 6.91. The number of hydrogen-bond acceptors (Lipinski definition) is 6. The molecule has 2 rings (SSSR count). The van der Waals surface area contributed by atoms with Crippen LogP contribution < -0.4 is 0 Å². The van der Waals surface area contributed by atoms with Gasteiger partial charge in [-0.2, -0.15) is 26.3 Å². The van der Waals surface area contributed by atoms with Gasteiger partial charge in [-0.25, -0.2) is 26.3 Å². The molecule has 0 aromatic heterocycles. The number of alkyl halides is 14. The van der Waals surface area contributed by atoms with Crippen LogP contribution in [0.15, 0.2) is 67.2 Å². The number of benzene rings is 2. The highest BCUT2D eigenvalue weighted by atomic mass is 79.9. The zero-order chi connectivity index (χ0) is 43.2. The minimum absolute atomic E-state index is 0.0756. The van der Waals surface area contributed by atoms with E-state index in [2.05, 4.69) is 43.2 Å². The van der Waals surface area contributed by atoms with Gasteiger partial charge in [-0.3, -0.25) is 9.59 Å². The van der Waals surface area contributed by atoms with Crippen molar-refractivity contribution in [2.24, 2.45) is 5.41 Å². The van der Waals surface area contributed by atoms with E-state index in [1.807, 2.05) is 80.6 Å². The van der Waals surface area contributed by atoms with E-state index in [-0.39, 0.29) is 17.4 Å². The first-order valence-electron chi connectivity index (χ1n) is 14.9. The van der Waals surface area contributed by atoms with Gasteiger partial charge in [0, 0.05) is 4.83 Å². The molecule has 2 aromatic rings. The Kier molecular flexibility index (Phi) is 32.6. The van der Waals surface area contributed by atoms with E-state index in [0.717, 1.165) is 5.56 Å². The molecule has 1 unspecified atom stereocenters. The number of hydrogen-bond donors (Lipinski definition) is 2. The normalized spacial score (nSPS) is 11.7. The minimum atomic E-state index is -5.86. The van der Waals surface area contributed by atoms with Crippen LogP contribution in [0.2, 0.25) is 0 Å². The van der Waals surface area contributed by atoms with Gasteiger partial charge in [-0.1, -0.05) is 105 Å². The van der Waals surface area contributed by atoms with E-state index in [1.54, 1.807) is 0 Å². The fourth-order valence-electron chi connectivity index (χ4n) is 3.01. The number of carbonyl (C=O) groups is 2. The van der Waals surface area contributed by atoms with Gasteiger partial charge in [0.25, 0.3) is 0 Å². The summed E-state index contributed by atoms with van der Waals surface area (Å²) in [4.78, 5) is 22.9. The van der Waals surface area contributed by atoms with Crippen molar-refractivity contribution in [1.29, 1.82) is 0 Å². The van der Waals surface area contributed by atoms with Crippen LogP contribution in [-0.2, 0) is 19.1 Å². The number of aliphatic hydroxyl groups excluding tert-OH is 2. The van der Waals surface area contributed by atoms with E-state index in [9.17, 15) is 62.3 Å². The van der Waals surface area contributed by atoms with Crippen molar-refractivity contribution in [1.82, 2.24) is 0 Å². The van der Waals surface area contributed by atoms with Gasteiger partial charge in [0.15, 0.2) is 13.5 Å². The molecule has 2 N–H and O–H groups in total. The van der Waals surface area contributed by atoms with Crippen LogP contribution in [0, 0.1) is 5.41 Å². The summed E-state index contributed by atoms with van der Waals surface area (Å²) in [5.74, 6) is -18.2. The van der Waals surface area contributed by atoms with Crippen molar-refractivity contribution in [3.8, 4) is 0 Å². The Labute approximate surface area is 323 Å². The maximum absolute atomic E-state index is 13.0. The zero-order valence-corrected chi connectivity index (χ0v) is 32.8. The summed E-state index contributed by atoms with van der Waals surface area (Å²) in [5, 5.41) is 14.9. The summed E-state index contributed by atoms with van der Waals surface area (Å²) in [7, 11) is 0. The highest BCUT2D eigenvalue weighted by Gasteiger charge is 2.71. The number of ether oxygens (including phenoxy) is 2. The lowest BCUT2D eigenvalue weighted by Gasteiger charge is -2.31. The van der Waals surface area contributed by atoms with E-state index in [0.29, 0.717) is 6.42 Å². The van der Waals surface area contributed by atoms with Crippen molar-refractivity contribution in [3.05, 3.63) is 78.4 Å². The molecule has 0 saturated carbocycles. The Morgan fingerprint density at radius 1 is 0.759 bits per heavy atom. The number of aliphatic hydroxyl groups is 2. The van der Waals surface area contributed by atoms with Gasteiger partial charge in [-0.15, -0.1) is 0 Å². The second kappa shape index (κ2) is 30.4. The molecule has 0 spiro atoms.